The number of esters is 2. The summed E-state index contributed by atoms with van der Waals surface area (Å²) >= 11 is 0. The van der Waals surface area contributed by atoms with Gasteiger partial charge in [-0.15, -0.1) is 0 Å². The largest absolute Gasteiger partial charge is 0.462 e. The Bertz CT molecular complexity index is 879. The van der Waals surface area contributed by atoms with Crippen molar-refractivity contribution in [3.8, 4) is 0 Å². The van der Waals surface area contributed by atoms with Crippen LogP contribution < -0.4 is 0 Å². The smallest absolute Gasteiger partial charge is 0.335 e. The molecular weight excluding hydrogens is 452 g/mol. The molecule has 0 amide bonds. The van der Waals surface area contributed by atoms with Crippen molar-refractivity contribution in [3.05, 3.63) is 59.2 Å². The van der Waals surface area contributed by atoms with E-state index < -0.39 is 24.6 Å². The molecule has 0 spiro atoms. The van der Waals surface area contributed by atoms with Gasteiger partial charge in [0.2, 0.25) is 0 Å². The van der Waals surface area contributed by atoms with Gasteiger partial charge in [-0.1, -0.05) is 70.9 Å². The van der Waals surface area contributed by atoms with Gasteiger partial charge in [0.1, 0.15) is 6.10 Å². The molecule has 0 bridgehead atoms. The standard InChI is InChI=1S/C31H46O5/c1-6-8-9-10-24-11-14-27(15-12-24)29-16-13-25(19-26(29)7-2)20-28(36-30(33)22(3)4)17-18-35-31(34)23(5)21-32/h13,16,19,24,27-28,32H,3,5-12,14-15,17-18,20-21H2,1-2,4H3. The van der Waals surface area contributed by atoms with E-state index in [0.717, 1.165) is 17.9 Å². The molecule has 5 nitrogen and oxygen atoms in total. The van der Waals surface area contributed by atoms with Crippen molar-refractivity contribution in [3.63, 3.8) is 0 Å². The van der Waals surface area contributed by atoms with E-state index in [9.17, 15) is 9.59 Å². The fraction of sp³-hybridized carbons (Fsp3) is 0.613. The van der Waals surface area contributed by atoms with E-state index in [1.807, 2.05) is 0 Å². The first-order valence-corrected chi connectivity index (χ1v) is 13.7. The molecule has 0 aromatic heterocycles. The SMILES string of the molecule is C=C(C)C(=O)OC(CCOC(=O)C(=C)CO)Cc1ccc(C2CCC(CCCCC)CC2)c(CC)c1. The number of aliphatic hydroxyl groups is 1. The average molecular weight is 499 g/mol. The molecule has 0 aliphatic heterocycles. The van der Waals surface area contributed by atoms with Gasteiger partial charge in [0.25, 0.3) is 0 Å². The van der Waals surface area contributed by atoms with E-state index in [0.29, 0.717) is 24.3 Å². The molecule has 1 fully saturated rings. The van der Waals surface area contributed by atoms with Crippen LogP contribution in [-0.4, -0.2) is 36.4 Å². The molecule has 1 saturated carbocycles. The summed E-state index contributed by atoms with van der Waals surface area (Å²) in [6, 6.07) is 6.69. The topological polar surface area (TPSA) is 72.8 Å². The van der Waals surface area contributed by atoms with Gasteiger partial charge in [-0.2, -0.15) is 0 Å². The Hall–Kier alpha value is -2.40. The Morgan fingerprint density at radius 1 is 1.08 bits per heavy atom. The van der Waals surface area contributed by atoms with E-state index in [1.165, 1.54) is 62.5 Å². The summed E-state index contributed by atoms with van der Waals surface area (Å²) in [7, 11) is 0. The van der Waals surface area contributed by atoms with E-state index in [2.05, 4.69) is 45.2 Å². The molecule has 2 rings (SSSR count). The van der Waals surface area contributed by atoms with Gasteiger partial charge < -0.3 is 14.6 Å². The molecule has 1 aromatic rings. The summed E-state index contributed by atoms with van der Waals surface area (Å²) < 4.78 is 10.8. The second kappa shape index (κ2) is 15.7. The normalized spacial score (nSPS) is 18.3. The fourth-order valence-corrected chi connectivity index (χ4v) is 5.10. The summed E-state index contributed by atoms with van der Waals surface area (Å²) in [5, 5.41) is 9.03. The Balaban J connectivity index is 2.03. The first-order valence-electron chi connectivity index (χ1n) is 13.7. The van der Waals surface area contributed by atoms with Crippen LogP contribution in [0.1, 0.15) is 101 Å². The molecule has 1 aromatic carbocycles. The lowest BCUT2D eigenvalue weighted by molar-refractivity contribution is -0.146. The number of hydrogen-bond acceptors (Lipinski definition) is 5. The van der Waals surface area contributed by atoms with Gasteiger partial charge in [0, 0.05) is 18.4 Å². The average Bonchev–Trinajstić information content (AvgIpc) is 2.88. The second-order valence-corrected chi connectivity index (χ2v) is 10.3. The Morgan fingerprint density at radius 3 is 2.42 bits per heavy atom. The molecule has 0 radical (unpaired) electrons. The molecule has 1 unspecified atom stereocenters. The predicted octanol–water partition coefficient (Wildman–Crippen LogP) is 6.62. The minimum absolute atomic E-state index is 0.00338. The van der Waals surface area contributed by atoms with Crippen LogP contribution >= 0.6 is 0 Å². The van der Waals surface area contributed by atoms with Gasteiger partial charge >= 0.3 is 11.9 Å². The molecule has 1 aliphatic rings. The zero-order valence-electron chi connectivity index (χ0n) is 22.7. The minimum Gasteiger partial charge on any atom is -0.462 e. The van der Waals surface area contributed by atoms with Gasteiger partial charge in [0.15, 0.2) is 0 Å². The van der Waals surface area contributed by atoms with Crippen molar-refractivity contribution < 1.29 is 24.2 Å². The molecule has 1 atom stereocenters. The van der Waals surface area contributed by atoms with Gasteiger partial charge in [-0.05, 0) is 67.6 Å². The van der Waals surface area contributed by atoms with E-state index >= 15 is 0 Å². The molecule has 1 N–H and O–H groups in total. The van der Waals surface area contributed by atoms with E-state index in [-0.39, 0.29) is 12.2 Å². The zero-order valence-corrected chi connectivity index (χ0v) is 22.7. The number of carbonyl (C=O) groups excluding carboxylic acids is 2. The molecule has 1 aliphatic carbocycles. The summed E-state index contributed by atoms with van der Waals surface area (Å²) in [5.41, 5.74) is 4.29. The summed E-state index contributed by atoms with van der Waals surface area (Å²) in [6.45, 7) is 12.9. The maximum Gasteiger partial charge on any atom is 0.335 e. The molecule has 0 saturated heterocycles. The molecule has 200 valence electrons. The van der Waals surface area contributed by atoms with E-state index in [1.54, 1.807) is 6.92 Å². The highest BCUT2D eigenvalue weighted by atomic mass is 16.6. The van der Waals surface area contributed by atoms with Crippen molar-refractivity contribution in [2.75, 3.05) is 13.2 Å². The molecule has 5 heteroatoms. The molecular formula is C31H46O5. The number of rotatable bonds is 15. The third-order valence-corrected chi connectivity index (χ3v) is 7.33. The summed E-state index contributed by atoms with van der Waals surface area (Å²) in [5.74, 6) is 0.436. The second-order valence-electron chi connectivity index (χ2n) is 10.3. The number of aryl methyl sites for hydroxylation is 1. The highest BCUT2D eigenvalue weighted by molar-refractivity contribution is 5.88. The monoisotopic (exact) mass is 498 g/mol. The van der Waals surface area contributed by atoms with Crippen LogP contribution in [0.4, 0.5) is 0 Å². The fourth-order valence-electron chi connectivity index (χ4n) is 5.10. The van der Waals surface area contributed by atoms with Gasteiger partial charge in [-0.3, -0.25) is 0 Å². The van der Waals surface area contributed by atoms with E-state index in [4.69, 9.17) is 14.6 Å². The van der Waals surface area contributed by atoms with Crippen LogP contribution in [0.5, 0.6) is 0 Å². The van der Waals surface area contributed by atoms with Crippen LogP contribution in [0.15, 0.2) is 42.5 Å². The van der Waals surface area contributed by atoms with Crippen LogP contribution in [0.3, 0.4) is 0 Å². The van der Waals surface area contributed by atoms with Crippen molar-refractivity contribution in [1.82, 2.24) is 0 Å². The number of benzene rings is 1. The lowest BCUT2D eigenvalue weighted by Gasteiger charge is -2.30. The third-order valence-electron chi connectivity index (χ3n) is 7.33. The van der Waals surface area contributed by atoms with Crippen molar-refractivity contribution >= 4 is 11.9 Å². The van der Waals surface area contributed by atoms with Crippen molar-refractivity contribution in [2.24, 2.45) is 5.92 Å². The van der Waals surface area contributed by atoms with Crippen LogP contribution in [0.2, 0.25) is 0 Å². The molecule has 36 heavy (non-hydrogen) atoms. The van der Waals surface area contributed by atoms with Crippen LogP contribution in [0, 0.1) is 5.92 Å². The Morgan fingerprint density at radius 2 is 1.81 bits per heavy atom. The number of carbonyl (C=O) groups is 2. The van der Waals surface area contributed by atoms with Crippen LogP contribution in [-0.2, 0) is 31.9 Å². The van der Waals surface area contributed by atoms with Gasteiger partial charge in [-0.25, -0.2) is 9.59 Å². The number of hydrogen-bond donors (Lipinski definition) is 1. The quantitative estimate of drug-likeness (QED) is 0.167. The lowest BCUT2D eigenvalue weighted by atomic mass is 9.75. The highest BCUT2D eigenvalue weighted by Crippen LogP contribution is 2.39. The summed E-state index contributed by atoms with van der Waals surface area (Å²) in [6.07, 6.45) is 12.0. The first kappa shape index (κ1) is 29.8. The Kier molecular flexibility index (Phi) is 13.0. The number of unbranched alkanes of at least 4 members (excludes halogenated alkanes) is 2. The number of aliphatic hydroxyl groups excluding tert-OH is 1. The number of ether oxygens (including phenoxy) is 2. The first-order chi connectivity index (χ1) is 17.3. The maximum absolute atomic E-state index is 12.2. The predicted molar refractivity (Wildman–Crippen MR) is 145 cm³/mol. The van der Waals surface area contributed by atoms with Crippen molar-refractivity contribution in [1.29, 1.82) is 0 Å². The third kappa shape index (κ3) is 9.57. The zero-order chi connectivity index (χ0) is 26.5. The molecule has 0 heterocycles. The maximum atomic E-state index is 12.2. The van der Waals surface area contributed by atoms with Crippen LogP contribution in [0.25, 0.3) is 0 Å². The van der Waals surface area contributed by atoms with Crippen molar-refractivity contribution in [2.45, 2.75) is 103 Å². The highest BCUT2D eigenvalue weighted by Gasteiger charge is 2.24. The Labute approximate surface area is 218 Å². The summed E-state index contributed by atoms with van der Waals surface area (Å²) in [4.78, 5) is 24.0. The minimum atomic E-state index is -0.639. The van der Waals surface area contributed by atoms with Gasteiger partial charge in [0.05, 0.1) is 18.8 Å². The lowest BCUT2D eigenvalue weighted by Crippen LogP contribution is -2.24.